The first-order valence-corrected chi connectivity index (χ1v) is 7.21. The van der Waals surface area contributed by atoms with Gasteiger partial charge in [-0.15, -0.1) is 0 Å². The van der Waals surface area contributed by atoms with Crippen molar-refractivity contribution < 1.29 is 0 Å². The second-order valence-electron chi connectivity index (χ2n) is 6.45. The van der Waals surface area contributed by atoms with Crippen molar-refractivity contribution in [3.63, 3.8) is 0 Å². The van der Waals surface area contributed by atoms with E-state index < -0.39 is 0 Å². The van der Waals surface area contributed by atoms with Crippen LogP contribution in [0.3, 0.4) is 0 Å². The van der Waals surface area contributed by atoms with E-state index in [9.17, 15) is 0 Å². The summed E-state index contributed by atoms with van der Waals surface area (Å²) in [6, 6.07) is 4.83. The highest BCUT2D eigenvalue weighted by atomic mass is 14.9. The molecule has 0 aromatic carbocycles. The first-order chi connectivity index (χ1) is 8.54. The Labute approximate surface area is 111 Å². The molecule has 1 aromatic rings. The molecule has 100 valence electrons. The van der Waals surface area contributed by atoms with Crippen LogP contribution in [0.5, 0.6) is 0 Å². The number of aryl methyl sites for hydroxylation is 1. The minimum Gasteiger partial charge on any atom is -0.313 e. The Bertz CT molecular complexity index is 392. The maximum absolute atomic E-state index is 4.68. The summed E-state index contributed by atoms with van der Waals surface area (Å²) >= 11 is 0. The van der Waals surface area contributed by atoms with E-state index in [1.54, 1.807) is 0 Å². The monoisotopic (exact) mass is 246 g/mol. The Morgan fingerprint density at radius 1 is 1.44 bits per heavy atom. The third-order valence-electron chi connectivity index (χ3n) is 4.00. The van der Waals surface area contributed by atoms with Gasteiger partial charge in [0.05, 0.1) is 0 Å². The first-order valence-electron chi connectivity index (χ1n) is 7.21. The van der Waals surface area contributed by atoms with Crippen molar-refractivity contribution in [3.05, 3.63) is 29.6 Å². The lowest BCUT2D eigenvalue weighted by Crippen LogP contribution is -2.46. The van der Waals surface area contributed by atoms with E-state index in [0.29, 0.717) is 12.0 Å². The van der Waals surface area contributed by atoms with Crippen LogP contribution < -0.4 is 5.32 Å². The summed E-state index contributed by atoms with van der Waals surface area (Å²) in [4.78, 5) is 4.68. The molecule has 2 unspecified atom stereocenters. The SMILES string of the molecule is CCNC(C1CCCc2cccnc21)C(C)(C)C. The quantitative estimate of drug-likeness (QED) is 0.882. The fourth-order valence-corrected chi connectivity index (χ4v) is 3.24. The number of likely N-dealkylation sites (N-methyl/N-ethyl adjacent to an activating group) is 1. The maximum Gasteiger partial charge on any atom is 0.0482 e. The molecule has 1 aliphatic carbocycles. The minimum atomic E-state index is 0.271. The zero-order valence-corrected chi connectivity index (χ0v) is 12.2. The van der Waals surface area contributed by atoms with Crippen molar-refractivity contribution in [3.8, 4) is 0 Å². The van der Waals surface area contributed by atoms with Crippen molar-refractivity contribution in [2.24, 2.45) is 5.41 Å². The molecule has 2 heteroatoms. The number of hydrogen-bond acceptors (Lipinski definition) is 2. The fraction of sp³-hybridized carbons (Fsp3) is 0.688. The van der Waals surface area contributed by atoms with Crippen LogP contribution in [0, 0.1) is 5.41 Å². The number of rotatable bonds is 3. The fourth-order valence-electron chi connectivity index (χ4n) is 3.24. The van der Waals surface area contributed by atoms with Gasteiger partial charge in [-0.05, 0) is 42.9 Å². The van der Waals surface area contributed by atoms with E-state index in [-0.39, 0.29) is 5.41 Å². The molecule has 18 heavy (non-hydrogen) atoms. The summed E-state index contributed by atoms with van der Waals surface area (Å²) in [6.07, 6.45) is 5.70. The van der Waals surface area contributed by atoms with Gasteiger partial charge in [-0.25, -0.2) is 0 Å². The highest BCUT2D eigenvalue weighted by Gasteiger charge is 2.35. The molecule has 2 nitrogen and oxygen atoms in total. The number of nitrogens with zero attached hydrogens (tertiary/aromatic N) is 1. The van der Waals surface area contributed by atoms with Gasteiger partial charge in [0.1, 0.15) is 0 Å². The summed E-state index contributed by atoms with van der Waals surface area (Å²) in [5, 5.41) is 3.69. The van der Waals surface area contributed by atoms with E-state index in [2.05, 4.69) is 50.1 Å². The van der Waals surface area contributed by atoms with Crippen LogP contribution in [-0.2, 0) is 6.42 Å². The van der Waals surface area contributed by atoms with Gasteiger partial charge < -0.3 is 5.32 Å². The van der Waals surface area contributed by atoms with Crippen molar-refractivity contribution in [1.29, 1.82) is 0 Å². The van der Waals surface area contributed by atoms with Gasteiger partial charge >= 0.3 is 0 Å². The van der Waals surface area contributed by atoms with Crippen LogP contribution in [-0.4, -0.2) is 17.6 Å². The number of hydrogen-bond donors (Lipinski definition) is 1. The molecule has 0 radical (unpaired) electrons. The topological polar surface area (TPSA) is 24.9 Å². The molecule has 0 fully saturated rings. The predicted octanol–water partition coefficient (Wildman–Crippen LogP) is 3.53. The van der Waals surface area contributed by atoms with Crippen LogP contribution in [0.15, 0.2) is 18.3 Å². The first kappa shape index (κ1) is 13.5. The van der Waals surface area contributed by atoms with Crippen molar-refractivity contribution >= 4 is 0 Å². The van der Waals surface area contributed by atoms with Gasteiger partial charge in [-0.2, -0.15) is 0 Å². The van der Waals surface area contributed by atoms with Gasteiger partial charge in [0, 0.05) is 23.9 Å². The Hall–Kier alpha value is -0.890. The summed E-state index contributed by atoms with van der Waals surface area (Å²) < 4.78 is 0. The van der Waals surface area contributed by atoms with Crippen molar-refractivity contribution in [2.75, 3.05) is 6.54 Å². The normalized spacial score (nSPS) is 21.4. The zero-order valence-electron chi connectivity index (χ0n) is 12.2. The molecule has 0 amide bonds. The maximum atomic E-state index is 4.68. The van der Waals surface area contributed by atoms with Gasteiger partial charge in [0.25, 0.3) is 0 Å². The molecule has 0 bridgehead atoms. The highest BCUT2D eigenvalue weighted by Crippen LogP contribution is 2.38. The van der Waals surface area contributed by atoms with E-state index in [0.717, 1.165) is 6.54 Å². The van der Waals surface area contributed by atoms with Crippen LogP contribution in [0.4, 0.5) is 0 Å². The molecule has 1 aliphatic rings. The van der Waals surface area contributed by atoms with Gasteiger partial charge in [-0.3, -0.25) is 4.98 Å². The molecule has 2 atom stereocenters. The molecule has 1 aromatic heterocycles. The van der Waals surface area contributed by atoms with Gasteiger partial charge in [-0.1, -0.05) is 33.8 Å². The standard InChI is InChI=1S/C16H26N2/c1-5-17-15(16(2,3)4)13-10-6-8-12-9-7-11-18-14(12)13/h7,9,11,13,15,17H,5-6,8,10H2,1-4H3. The molecule has 1 heterocycles. The summed E-state index contributed by atoms with van der Waals surface area (Å²) in [6.45, 7) is 10.2. The molecule has 0 saturated heterocycles. The highest BCUT2D eigenvalue weighted by molar-refractivity contribution is 5.28. The Kier molecular flexibility index (Phi) is 4.06. The molecule has 2 rings (SSSR count). The van der Waals surface area contributed by atoms with Crippen LogP contribution in [0.2, 0.25) is 0 Å². The molecule has 0 aliphatic heterocycles. The third kappa shape index (κ3) is 2.74. The average Bonchev–Trinajstić information content (AvgIpc) is 2.34. The van der Waals surface area contributed by atoms with E-state index in [1.807, 2.05) is 6.20 Å². The van der Waals surface area contributed by atoms with Gasteiger partial charge in [0.2, 0.25) is 0 Å². The smallest absolute Gasteiger partial charge is 0.0482 e. The van der Waals surface area contributed by atoms with Crippen LogP contribution >= 0.6 is 0 Å². The second kappa shape index (κ2) is 5.40. The minimum absolute atomic E-state index is 0.271. The number of nitrogens with one attached hydrogen (secondary N) is 1. The number of fused-ring (bicyclic) bond motifs is 1. The van der Waals surface area contributed by atoms with E-state index in [1.165, 1.54) is 30.5 Å². The summed E-state index contributed by atoms with van der Waals surface area (Å²) in [5.41, 5.74) is 3.07. The Morgan fingerprint density at radius 2 is 2.22 bits per heavy atom. The van der Waals surface area contributed by atoms with Gasteiger partial charge in [0.15, 0.2) is 0 Å². The van der Waals surface area contributed by atoms with E-state index in [4.69, 9.17) is 0 Å². The Balaban J connectivity index is 2.32. The van der Waals surface area contributed by atoms with Crippen molar-refractivity contribution in [2.45, 2.75) is 58.9 Å². The molecular weight excluding hydrogens is 220 g/mol. The lowest BCUT2D eigenvalue weighted by Gasteiger charge is -2.40. The van der Waals surface area contributed by atoms with Crippen LogP contribution in [0.1, 0.15) is 57.7 Å². The lowest BCUT2D eigenvalue weighted by atomic mass is 9.72. The van der Waals surface area contributed by atoms with Crippen LogP contribution in [0.25, 0.3) is 0 Å². The van der Waals surface area contributed by atoms with Crippen molar-refractivity contribution in [1.82, 2.24) is 10.3 Å². The Morgan fingerprint density at radius 3 is 2.89 bits per heavy atom. The third-order valence-corrected chi connectivity index (χ3v) is 4.00. The second-order valence-corrected chi connectivity index (χ2v) is 6.45. The lowest BCUT2D eigenvalue weighted by molar-refractivity contribution is 0.219. The number of aromatic nitrogens is 1. The molecule has 0 spiro atoms. The summed E-state index contributed by atoms with van der Waals surface area (Å²) in [7, 11) is 0. The zero-order chi connectivity index (χ0) is 13.2. The molecule has 0 saturated carbocycles. The average molecular weight is 246 g/mol. The van der Waals surface area contributed by atoms with E-state index >= 15 is 0 Å². The molecule has 1 N–H and O–H groups in total. The molecular formula is C16H26N2. The predicted molar refractivity (Wildman–Crippen MR) is 76.8 cm³/mol. The number of pyridine rings is 1. The summed E-state index contributed by atoms with van der Waals surface area (Å²) in [5.74, 6) is 0.565. The largest absolute Gasteiger partial charge is 0.313 e.